The molecule has 0 amide bonds. The van der Waals surface area contributed by atoms with Crippen LogP contribution >= 0.6 is 17.2 Å². The summed E-state index contributed by atoms with van der Waals surface area (Å²) in [6, 6.07) is 40.4. The van der Waals surface area contributed by atoms with E-state index in [2.05, 4.69) is 106 Å². The summed E-state index contributed by atoms with van der Waals surface area (Å²) in [5, 5.41) is 6.75. The summed E-state index contributed by atoms with van der Waals surface area (Å²) >= 11 is 8.19. The van der Waals surface area contributed by atoms with Crippen LogP contribution in [-0.2, 0) is 0 Å². The molecule has 0 saturated carbocycles. The van der Waals surface area contributed by atoms with Gasteiger partial charge in [0.1, 0.15) is 0 Å². The Morgan fingerprint density at radius 2 is 1.13 bits per heavy atom. The van der Waals surface area contributed by atoms with Crippen molar-refractivity contribution in [3.8, 4) is 5.75 Å². The SMILES string of the molecule is CN(C)C1=NC(c2ccc(OCCCCCCCCCCP(Cl)(c3ccccc3)(c3ccccc3)c3ccccc3)cc2)N=C(N)N1. The minimum Gasteiger partial charge on any atom is -0.370 e. The van der Waals surface area contributed by atoms with Gasteiger partial charge in [-0.05, 0) is 17.7 Å². The second kappa shape index (κ2) is 16.3. The number of nitrogens with two attached hydrogens (primary N) is 1. The number of guanidine groups is 2. The molecule has 0 saturated heterocycles. The van der Waals surface area contributed by atoms with Gasteiger partial charge >= 0.3 is 199 Å². The molecule has 47 heavy (non-hydrogen) atoms. The van der Waals surface area contributed by atoms with Crippen LogP contribution < -0.4 is 31.7 Å². The zero-order chi connectivity index (χ0) is 33.0. The van der Waals surface area contributed by atoms with E-state index in [4.69, 9.17) is 21.7 Å². The Bertz CT molecular complexity index is 1500. The van der Waals surface area contributed by atoms with E-state index in [-0.39, 0.29) is 6.17 Å². The van der Waals surface area contributed by atoms with Crippen molar-refractivity contribution in [1.82, 2.24) is 10.2 Å². The van der Waals surface area contributed by atoms with Gasteiger partial charge in [0.15, 0.2) is 12.1 Å². The molecule has 1 aliphatic rings. The first-order chi connectivity index (χ1) is 22.9. The third-order valence-electron chi connectivity index (χ3n) is 8.97. The number of unbranched alkanes of at least 4 members (excludes halogenated alkanes) is 7. The zero-order valence-corrected chi connectivity index (χ0v) is 29.4. The van der Waals surface area contributed by atoms with Gasteiger partial charge in [-0.25, -0.2) is 9.98 Å². The van der Waals surface area contributed by atoms with E-state index in [0.29, 0.717) is 11.9 Å². The average Bonchev–Trinajstić information content (AvgIpc) is 3.11. The van der Waals surface area contributed by atoms with E-state index < -0.39 is 5.96 Å². The smallest absolute Gasteiger partial charge is 0.197 e. The number of hydrogen-bond acceptors (Lipinski definition) is 6. The van der Waals surface area contributed by atoms with E-state index in [1.165, 1.54) is 54.4 Å². The van der Waals surface area contributed by atoms with Gasteiger partial charge in [-0.1, -0.05) is 12.1 Å². The molecule has 248 valence electrons. The molecule has 1 atom stereocenters. The van der Waals surface area contributed by atoms with Crippen LogP contribution in [0.5, 0.6) is 5.75 Å². The second-order valence-electron chi connectivity index (χ2n) is 12.5. The normalized spacial score (nSPS) is 15.5. The Morgan fingerprint density at radius 1 is 0.660 bits per heavy atom. The van der Waals surface area contributed by atoms with Crippen LogP contribution in [0.1, 0.15) is 63.1 Å². The summed E-state index contributed by atoms with van der Waals surface area (Å²) in [4.78, 5) is 10.9. The monoisotopic (exact) mass is 669 g/mol. The van der Waals surface area contributed by atoms with Gasteiger partial charge in [-0.15, -0.1) is 0 Å². The minimum absolute atomic E-state index is 0.347. The first kappa shape index (κ1) is 34.5. The van der Waals surface area contributed by atoms with Crippen LogP contribution in [0, 0.1) is 0 Å². The number of nitrogens with one attached hydrogen (secondary N) is 1. The topological polar surface area (TPSA) is 75.2 Å². The first-order valence-corrected chi connectivity index (χ1v) is 20.2. The molecule has 8 heteroatoms. The molecule has 0 bridgehead atoms. The van der Waals surface area contributed by atoms with E-state index >= 15 is 0 Å². The molecule has 0 fully saturated rings. The molecule has 1 heterocycles. The summed E-state index contributed by atoms with van der Waals surface area (Å²) in [5.41, 5.74) is 6.93. The van der Waals surface area contributed by atoms with Crippen LogP contribution in [-0.4, -0.2) is 43.7 Å². The van der Waals surface area contributed by atoms with E-state index in [0.717, 1.165) is 36.9 Å². The van der Waals surface area contributed by atoms with Crippen LogP contribution in [0.2, 0.25) is 0 Å². The molecule has 0 spiro atoms. The van der Waals surface area contributed by atoms with E-state index in [9.17, 15) is 0 Å². The van der Waals surface area contributed by atoms with Crippen molar-refractivity contribution >= 4 is 45.0 Å². The predicted octanol–water partition coefficient (Wildman–Crippen LogP) is 7.70. The third kappa shape index (κ3) is 8.36. The number of hydrogen-bond donors (Lipinski definition) is 2. The quantitative estimate of drug-likeness (QED) is 0.0947. The van der Waals surface area contributed by atoms with Gasteiger partial charge in [-0.2, -0.15) is 0 Å². The standard InChI is InChI=1S/C39H49ClN5OP/c1-45(2)39-43-37(42-38(41)44-39)32-26-28-33(29-27-32)46-30-18-7-5-3-4-6-8-19-31-47(40,34-20-12-9-13-21-34,35-22-14-10-15-23-35)36-24-16-11-17-25-36/h9-17,20-29,37H,3-8,18-19,30-31H2,1-2H3,(H3,41,42,43,44). The molecular weight excluding hydrogens is 621 g/mol. The van der Waals surface area contributed by atoms with Gasteiger partial charge in [0.2, 0.25) is 5.96 Å². The number of ether oxygens (including phenoxy) is 1. The van der Waals surface area contributed by atoms with Crippen molar-refractivity contribution in [3.05, 3.63) is 121 Å². The van der Waals surface area contributed by atoms with Crippen LogP contribution in [0.15, 0.2) is 125 Å². The minimum atomic E-state index is -3.14. The van der Waals surface area contributed by atoms with E-state index in [1.54, 1.807) is 0 Å². The molecule has 0 aliphatic carbocycles. The molecule has 0 aromatic heterocycles. The van der Waals surface area contributed by atoms with Crippen molar-refractivity contribution in [2.24, 2.45) is 15.7 Å². The Balaban J connectivity index is 1.04. The molecule has 4 aromatic rings. The number of halogens is 1. The first-order valence-electron chi connectivity index (χ1n) is 16.9. The Labute approximate surface area is 285 Å². The fraction of sp³-hybridized carbons (Fsp3) is 0.333. The number of rotatable bonds is 16. The van der Waals surface area contributed by atoms with Crippen molar-refractivity contribution in [2.45, 2.75) is 57.5 Å². The average molecular weight is 670 g/mol. The van der Waals surface area contributed by atoms with Gasteiger partial charge in [-0.3, -0.25) is 5.32 Å². The Hall–Kier alpha value is -3.86. The molecular formula is C39H49ClN5OP. The zero-order valence-electron chi connectivity index (χ0n) is 27.8. The van der Waals surface area contributed by atoms with Crippen LogP contribution in [0.4, 0.5) is 0 Å². The molecule has 6 nitrogen and oxygen atoms in total. The summed E-state index contributed by atoms with van der Waals surface area (Å²) in [6.07, 6.45) is 10.1. The summed E-state index contributed by atoms with van der Waals surface area (Å²) in [5.74, 6) is -1.20. The molecule has 0 radical (unpaired) electrons. The second-order valence-corrected chi connectivity index (χ2v) is 19.1. The van der Waals surface area contributed by atoms with Gasteiger partial charge in [0, 0.05) is 14.1 Å². The fourth-order valence-electron chi connectivity index (χ4n) is 6.38. The Kier molecular flexibility index (Phi) is 12.0. The molecule has 1 unspecified atom stereocenters. The van der Waals surface area contributed by atoms with Crippen LogP contribution in [0.3, 0.4) is 0 Å². The summed E-state index contributed by atoms with van der Waals surface area (Å²) in [7, 11) is 3.84. The van der Waals surface area contributed by atoms with Gasteiger partial charge < -0.3 is 10.6 Å². The summed E-state index contributed by atoms with van der Waals surface area (Å²) in [6.45, 7) is 0.724. The molecule has 5 rings (SSSR count). The number of benzene rings is 4. The fourth-order valence-corrected chi connectivity index (χ4v) is 12.6. The van der Waals surface area contributed by atoms with E-state index in [1.807, 2.05) is 43.3 Å². The molecule has 3 N–H and O–H groups in total. The maximum atomic E-state index is 8.19. The van der Waals surface area contributed by atoms with Crippen molar-refractivity contribution < 1.29 is 4.74 Å². The molecule has 1 aliphatic heterocycles. The third-order valence-corrected chi connectivity index (χ3v) is 16.5. The molecule has 4 aromatic carbocycles. The summed E-state index contributed by atoms with van der Waals surface area (Å²) < 4.78 is 6.01. The predicted molar refractivity (Wildman–Crippen MR) is 203 cm³/mol. The van der Waals surface area contributed by atoms with Crippen LogP contribution in [0.25, 0.3) is 0 Å². The van der Waals surface area contributed by atoms with Gasteiger partial charge in [0.25, 0.3) is 0 Å². The largest absolute Gasteiger partial charge is 0.370 e. The maximum absolute atomic E-state index is 8.19. The van der Waals surface area contributed by atoms with Crippen molar-refractivity contribution in [1.29, 1.82) is 0 Å². The Morgan fingerprint density at radius 3 is 1.62 bits per heavy atom. The van der Waals surface area contributed by atoms with Gasteiger partial charge in [0.05, 0.1) is 0 Å². The maximum Gasteiger partial charge on any atom is 0.197 e. The van der Waals surface area contributed by atoms with Crippen molar-refractivity contribution in [3.63, 3.8) is 0 Å². The number of nitrogens with zero attached hydrogens (tertiary/aromatic N) is 3. The number of aliphatic imine (C=N–C) groups is 2. The van der Waals surface area contributed by atoms with Crippen molar-refractivity contribution in [2.75, 3.05) is 26.9 Å².